The highest BCUT2D eigenvalue weighted by Gasteiger charge is 2.17. The van der Waals surface area contributed by atoms with Crippen molar-refractivity contribution in [3.05, 3.63) is 66.6 Å². The molecular formula is C20H19N3O3. The molecule has 6 heteroatoms. The average molecular weight is 349 g/mol. The van der Waals surface area contributed by atoms with Crippen molar-refractivity contribution in [1.82, 2.24) is 15.8 Å². The highest BCUT2D eigenvalue weighted by atomic mass is 16.4. The van der Waals surface area contributed by atoms with E-state index in [2.05, 4.69) is 15.8 Å². The molecule has 0 saturated heterocycles. The third-order valence-electron chi connectivity index (χ3n) is 3.70. The number of aromatic nitrogens is 1. The summed E-state index contributed by atoms with van der Waals surface area (Å²) in [5, 5.41) is 0. The predicted octanol–water partition coefficient (Wildman–Crippen LogP) is 3.11. The summed E-state index contributed by atoms with van der Waals surface area (Å²) in [6, 6.07) is 19.5. The number of aryl methyl sites for hydroxylation is 1. The van der Waals surface area contributed by atoms with E-state index in [0.29, 0.717) is 18.1 Å². The number of nitrogens with zero attached hydrogens (tertiary/aromatic N) is 1. The van der Waals surface area contributed by atoms with Gasteiger partial charge in [0.05, 0.1) is 0 Å². The summed E-state index contributed by atoms with van der Waals surface area (Å²) >= 11 is 0. The van der Waals surface area contributed by atoms with Gasteiger partial charge in [-0.15, -0.1) is 0 Å². The smallest absolute Gasteiger partial charge is 0.238 e. The molecule has 3 rings (SSSR count). The fraction of sp³-hybridized carbons (Fsp3) is 0.150. The molecule has 132 valence electrons. The Hall–Kier alpha value is -3.41. The van der Waals surface area contributed by atoms with Crippen molar-refractivity contribution in [3.8, 4) is 22.6 Å². The highest BCUT2D eigenvalue weighted by molar-refractivity contribution is 5.81. The van der Waals surface area contributed by atoms with Gasteiger partial charge in [0, 0.05) is 30.9 Å². The molecule has 0 radical (unpaired) electrons. The summed E-state index contributed by atoms with van der Waals surface area (Å²) in [7, 11) is 0. The minimum atomic E-state index is -0.327. The largest absolute Gasteiger partial charge is 0.440 e. The SMILES string of the molecule is CC(=O)NNC(=O)CCc1nc(-c2ccccc2)c(-c2ccccc2)o1. The van der Waals surface area contributed by atoms with Crippen LogP contribution in [0.2, 0.25) is 0 Å². The number of amides is 2. The average Bonchev–Trinajstić information content (AvgIpc) is 3.10. The Balaban J connectivity index is 1.83. The van der Waals surface area contributed by atoms with Gasteiger partial charge in [0.2, 0.25) is 11.8 Å². The zero-order valence-electron chi connectivity index (χ0n) is 14.4. The molecule has 0 spiro atoms. The molecule has 0 aliphatic carbocycles. The number of nitrogens with one attached hydrogen (secondary N) is 2. The molecular weight excluding hydrogens is 330 g/mol. The van der Waals surface area contributed by atoms with Crippen LogP contribution in [0.3, 0.4) is 0 Å². The summed E-state index contributed by atoms with van der Waals surface area (Å²) in [4.78, 5) is 27.2. The lowest BCUT2D eigenvalue weighted by molar-refractivity contribution is -0.127. The molecule has 6 nitrogen and oxygen atoms in total. The van der Waals surface area contributed by atoms with Crippen LogP contribution >= 0.6 is 0 Å². The molecule has 0 aliphatic rings. The van der Waals surface area contributed by atoms with E-state index in [1.165, 1.54) is 6.92 Å². The Labute approximate surface area is 151 Å². The molecule has 2 amide bonds. The molecule has 0 bridgehead atoms. The van der Waals surface area contributed by atoms with Crippen molar-refractivity contribution in [2.45, 2.75) is 19.8 Å². The first-order valence-corrected chi connectivity index (χ1v) is 8.29. The van der Waals surface area contributed by atoms with Gasteiger partial charge in [-0.05, 0) is 0 Å². The number of carbonyl (C=O) groups excluding carboxylic acids is 2. The zero-order chi connectivity index (χ0) is 18.4. The third-order valence-corrected chi connectivity index (χ3v) is 3.70. The van der Waals surface area contributed by atoms with E-state index < -0.39 is 0 Å². The highest BCUT2D eigenvalue weighted by Crippen LogP contribution is 2.32. The maximum absolute atomic E-state index is 11.8. The Morgan fingerprint density at radius 2 is 1.54 bits per heavy atom. The summed E-state index contributed by atoms with van der Waals surface area (Å²) in [5.74, 6) is 0.517. The minimum absolute atomic E-state index is 0.156. The molecule has 2 N–H and O–H groups in total. The summed E-state index contributed by atoms with van der Waals surface area (Å²) in [6.07, 6.45) is 0.487. The standard InChI is InChI=1S/C20H19N3O3/c1-14(24)22-23-17(25)12-13-18-21-19(15-8-4-2-5-9-15)20(26-18)16-10-6-3-7-11-16/h2-11H,12-13H2,1H3,(H,22,24)(H,23,25). The van der Waals surface area contributed by atoms with Crippen LogP contribution in [-0.4, -0.2) is 16.8 Å². The third kappa shape index (κ3) is 4.36. The van der Waals surface area contributed by atoms with Gasteiger partial charge in [-0.2, -0.15) is 0 Å². The molecule has 0 atom stereocenters. The molecule has 26 heavy (non-hydrogen) atoms. The second-order valence-corrected chi connectivity index (χ2v) is 5.75. The van der Waals surface area contributed by atoms with Crippen molar-refractivity contribution >= 4 is 11.8 Å². The van der Waals surface area contributed by atoms with Crippen molar-refractivity contribution in [3.63, 3.8) is 0 Å². The van der Waals surface area contributed by atoms with E-state index >= 15 is 0 Å². The first kappa shape index (κ1) is 17.4. The van der Waals surface area contributed by atoms with Crippen molar-refractivity contribution in [1.29, 1.82) is 0 Å². The van der Waals surface area contributed by atoms with Crippen LogP contribution in [0, 0.1) is 0 Å². The van der Waals surface area contributed by atoms with Crippen molar-refractivity contribution in [2.24, 2.45) is 0 Å². The van der Waals surface area contributed by atoms with Gasteiger partial charge < -0.3 is 4.42 Å². The zero-order valence-corrected chi connectivity index (χ0v) is 14.4. The second-order valence-electron chi connectivity index (χ2n) is 5.75. The molecule has 0 saturated carbocycles. The summed E-state index contributed by atoms with van der Waals surface area (Å²) in [6.45, 7) is 1.33. The maximum Gasteiger partial charge on any atom is 0.238 e. The van der Waals surface area contributed by atoms with Crippen LogP contribution in [0.15, 0.2) is 65.1 Å². The molecule has 1 aromatic heterocycles. The van der Waals surface area contributed by atoms with Crippen LogP contribution < -0.4 is 10.9 Å². The van der Waals surface area contributed by atoms with Gasteiger partial charge in [0.1, 0.15) is 5.69 Å². The number of rotatable bonds is 5. The van der Waals surface area contributed by atoms with Gasteiger partial charge in [0.25, 0.3) is 0 Å². The van der Waals surface area contributed by atoms with Gasteiger partial charge in [-0.3, -0.25) is 20.4 Å². The lowest BCUT2D eigenvalue weighted by atomic mass is 10.1. The number of hydrazine groups is 1. The number of hydrogen-bond acceptors (Lipinski definition) is 4. The fourth-order valence-corrected chi connectivity index (χ4v) is 2.49. The van der Waals surface area contributed by atoms with Crippen LogP contribution in [0.4, 0.5) is 0 Å². The monoisotopic (exact) mass is 349 g/mol. The van der Waals surface area contributed by atoms with E-state index in [4.69, 9.17) is 4.42 Å². The van der Waals surface area contributed by atoms with Crippen LogP contribution in [-0.2, 0) is 16.0 Å². The first-order valence-electron chi connectivity index (χ1n) is 8.29. The number of oxazole rings is 1. The van der Waals surface area contributed by atoms with E-state index in [1.807, 2.05) is 60.7 Å². The number of carbonyl (C=O) groups is 2. The number of hydrogen-bond donors (Lipinski definition) is 2. The van der Waals surface area contributed by atoms with Crippen LogP contribution in [0.5, 0.6) is 0 Å². The van der Waals surface area contributed by atoms with Crippen molar-refractivity contribution < 1.29 is 14.0 Å². The summed E-state index contributed by atoms with van der Waals surface area (Å²) < 4.78 is 5.95. The van der Waals surface area contributed by atoms with E-state index in [-0.39, 0.29) is 18.2 Å². The van der Waals surface area contributed by atoms with Crippen LogP contribution in [0.25, 0.3) is 22.6 Å². The fourth-order valence-electron chi connectivity index (χ4n) is 2.49. The maximum atomic E-state index is 11.8. The quantitative estimate of drug-likeness (QED) is 0.693. The second kappa shape index (κ2) is 8.11. The summed E-state index contributed by atoms with van der Waals surface area (Å²) in [5.41, 5.74) is 7.21. The molecule has 0 aliphatic heterocycles. The molecule has 2 aromatic carbocycles. The minimum Gasteiger partial charge on any atom is -0.440 e. The van der Waals surface area contributed by atoms with E-state index in [9.17, 15) is 9.59 Å². The van der Waals surface area contributed by atoms with E-state index in [0.717, 1.165) is 16.8 Å². The molecule has 0 fully saturated rings. The van der Waals surface area contributed by atoms with Gasteiger partial charge in [-0.25, -0.2) is 4.98 Å². The van der Waals surface area contributed by atoms with Crippen molar-refractivity contribution in [2.75, 3.05) is 0 Å². The lowest BCUT2D eigenvalue weighted by Gasteiger charge is -2.03. The Morgan fingerprint density at radius 1 is 0.923 bits per heavy atom. The Bertz CT molecular complexity index is 832. The predicted molar refractivity (Wildman–Crippen MR) is 97.7 cm³/mol. The first-order chi connectivity index (χ1) is 12.6. The topological polar surface area (TPSA) is 84.2 Å². The van der Waals surface area contributed by atoms with Crippen LogP contribution in [0.1, 0.15) is 19.2 Å². The lowest BCUT2D eigenvalue weighted by Crippen LogP contribution is -2.40. The van der Waals surface area contributed by atoms with E-state index in [1.54, 1.807) is 0 Å². The van der Waals surface area contributed by atoms with Gasteiger partial charge in [0.15, 0.2) is 11.7 Å². The van der Waals surface area contributed by atoms with Gasteiger partial charge in [-0.1, -0.05) is 60.7 Å². The molecule has 1 heterocycles. The molecule has 3 aromatic rings. The molecule has 0 unspecified atom stereocenters. The Kier molecular flexibility index (Phi) is 5.43. The Morgan fingerprint density at radius 3 is 2.15 bits per heavy atom. The van der Waals surface area contributed by atoms with Gasteiger partial charge >= 0.3 is 0 Å². The normalized spacial score (nSPS) is 10.3. The number of benzene rings is 2.